The van der Waals surface area contributed by atoms with Crippen molar-refractivity contribution in [3.8, 4) is 0 Å². The van der Waals surface area contributed by atoms with Crippen LogP contribution in [0.15, 0.2) is 30.4 Å². The summed E-state index contributed by atoms with van der Waals surface area (Å²) in [6.07, 6.45) is 6.65. The van der Waals surface area contributed by atoms with Crippen LogP contribution < -0.4 is 0 Å². The molecule has 1 amide bonds. The lowest BCUT2D eigenvalue weighted by Gasteiger charge is -2.42. The number of rotatable bonds is 6. The molecule has 36 heavy (non-hydrogen) atoms. The molecule has 3 saturated heterocycles. The lowest BCUT2D eigenvalue weighted by atomic mass is 9.98. The molecule has 0 aromatic heterocycles. The molecule has 3 heterocycles. The summed E-state index contributed by atoms with van der Waals surface area (Å²) in [5, 5.41) is 16.6. The summed E-state index contributed by atoms with van der Waals surface area (Å²) in [4.78, 5) is 36.7. The van der Waals surface area contributed by atoms with Gasteiger partial charge in [0.25, 0.3) is 0 Å². The van der Waals surface area contributed by atoms with Crippen molar-refractivity contribution in [2.75, 3.05) is 39.4 Å². The number of hydrogen-bond donors (Lipinski definition) is 2. The standard InChI is InChI=1S/C21H28Cl2N2O3.C4H4O4/c22-18-5-4-16(13-19(18)23)14-20(26)25-8-2-1-3-17(25)15-24-9-6-21(7-10-24)27-11-12-28-21;5-3(6)1-2-4(7)8/h4-5,13,17H,1-3,6-12,14-15H2;1-2H,(H,5,6)(H,7,8)/b;2-1-. The highest BCUT2D eigenvalue weighted by molar-refractivity contribution is 6.42. The molecule has 1 aromatic carbocycles. The molecule has 3 fully saturated rings. The topological polar surface area (TPSA) is 117 Å². The zero-order chi connectivity index (χ0) is 26.1. The molecule has 0 bridgehead atoms. The average Bonchev–Trinajstić information content (AvgIpc) is 3.30. The Morgan fingerprint density at radius 2 is 1.61 bits per heavy atom. The third-order valence-corrected chi connectivity index (χ3v) is 7.29. The zero-order valence-corrected chi connectivity index (χ0v) is 21.5. The Hall–Kier alpha value is -2.17. The summed E-state index contributed by atoms with van der Waals surface area (Å²) in [7, 11) is 0. The number of carbonyl (C=O) groups is 3. The Kier molecular flexibility index (Phi) is 10.6. The molecule has 0 saturated carbocycles. The highest BCUT2D eigenvalue weighted by Crippen LogP contribution is 2.32. The Morgan fingerprint density at radius 1 is 0.972 bits per heavy atom. The van der Waals surface area contributed by atoms with Gasteiger partial charge in [-0.15, -0.1) is 0 Å². The number of halogens is 2. The average molecular weight is 543 g/mol. The van der Waals surface area contributed by atoms with Crippen molar-refractivity contribution >= 4 is 41.0 Å². The van der Waals surface area contributed by atoms with Gasteiger partial charge in [0.15, 0.2) is 5.79 Å². The van der Waals surface area contributed by atoms with Gasteiger partial charge in [-0.3, -0.25) is 4.79 Å². The van der Waals surface area contributed by atoms with Crippen LogP contribution in [0.3, 0.4) is 0 Å². The second kappa shape index (κ2) is 13.4. The molecule has 0 radical (unpaired) electrons. The molecule has 1 spiro atoms. The maximum atomic E-state index is 13.0. The number of carboxylic acids is 2. The molecule has 198 valence electrons. The Morgan fingerprint density at radius 3 is 2.19 bits per heavy atom. The fourth-order valence-corrected chi connectivity index (χ4v) is 5.07. The minimum Gasteiger partial charge on any atom is -0.478 e. The summed E-state index contributed by atoms with van der Waals surface area (Å²) in [6, 6.07) is 5.73. The molecule has 2 N–H and O–H groups in total. The van der Waals surface area contributed by atoms with E-state index < -0.39 is 11.9 Å². The number of amides is 1. The van der Waals surface area contributed by atoms with E-state index in [0.717, 1.165) is 57.4 Å². The van der Waals surface area contributed by atoms with E-state index in [1.54, 1.807) is 12.1 Å². The van der Waals surface area contributed by atoms with Gasteiger partial charge in [0.1, 0.15) is 0 Å². The largest absolute Gasteiger partial charge is 0.478 e. The maximum Gasteiger partial charge on any atom is 0.328 e. The molecular formula is C25H32Cl2N2O7. The number of hydrogen-bond acceptors (Lipinski definition) is 6. The van der Waals surface area contributed by atoms with Gasteiger partial charge in [-0.1, -0.05) is 29.3 Å². The Balaban J connectivity index is 0.000000392. The number of carboxylic acid groups (broad SMARTS) is 2. The third kappa shape index (κ3) is 8.45. The van der Waals surface area contributed by atoms with Crippen molar-refractivity contribution in [2.24, 2.45) is 0 Å². The first-order chi connectivity index (χ1) is 17.2. The molecular weight excluding hydrogens is 511 g/mol. The van der Waals surface area contributed by atoms with Crippen LogP contribution in [-0.4, -0.2) is 89.1 Å². The first-order valence-corrected chi connectivity index (χ1v) is 12.8. The maximum absolute atomic E-state index is 13.0. The summed E-state index contributed by atoms with van der Waals surface area (Å²) in [5.41, 5.74) is 0.916. The first-order valence-electron chi connectivity index (χ1n) is 12.0. The predicted molar refractivity (Wildman–Crippen MR) is 134 cm³/mol. The van der Waals surface area contributed by atoms with E-state index in [1.165, 1.54) is 6.42 Å². The van der Waals surface area contributed by atoms with Gasteiger partial charge in [-0.25, -0.2) is 9.59 Å². The van der Waals surface area contributed by atoms with Gasteiger partial charge < -0.3 is 29.5 Å². The van der Waals surface area contributed by atoms with Gasteiger partial charge in [0.2, 0.25) is 5.91 Å². The van der Waals surface area contributed by atoms with Crippen LogP contribution in [0.2, 0.25) is 10.0 Å². The van der Waals surface area contributed by atoms with E-state index in [9.17, 15) is 14.4 Å². The number of ether oxygens (including phenoxy) is 2. The van der Waals surface area contributed by atoms with Crippen molar-refractivity contribution in [1.82, 2.24) is 9.80 Å². The SMILES string of the molecule is O=C(Cc1ccc(Cl)c(Cl)c1)N1CCCCC1CN1CCC2(CC1)OCCO2.O=C(O)/C=C\C(=O)O. The molecule has 11 heteroatoms. The quantitative estimate of drug-likeness (QED) is 0.524. The molecule has 4 rings (SSSR count). The van der Waals surface area contributed by atoms with E-state index in [1.807, 2.05) is 6.07 Å². The molecule has 0 aliphatic carbocycles. The molecule has 9 nitrogen and oxygen atoms in total. The zero-order valence-electron chi connectivity index (χ0n) is 20.0. The van der Waals surface area contributed by atoms with Crippen molar-refractivity contribution in [3.63, 3.8) is 0 Å². The summed E-state index contributed by atoms with van der Waals surface area (Å²) in [6.45, 7) is 5.12. The number of benzene rings is 1. The Bertz CT molecular complexity index is 940. The van der Waals surface area contributed by atoms with Gasteiger partial charge in [0, 0.05) is 57.2 Å². The minimum atomic E-state index is -1.26. The normalized spacial score (nSPS) is 21.8. The van der Waals surface area contributed by atoms with Crippen molar-refractivity contribution < 1.29 is 34.1 Å². The van der Waals surface area contributed by atoms with Crippen LogP contribution >= 0.6 is 23.2 Å². The van der Waals surface area contributed by atoms with Crippen LogP contribution in [0.1, 0.15) is 37.7 Å². The van der Waals surface area contributed by atoms with Gasteiger partial charge in [0.05, 0.1) is 29.7 Å². The van der Waals surface area contributed by atoms with E-state index in [-0.39, 0.29) is 17.7 Å². The number of nitrogens with zero attached hydrogens (tertiary/aromatic N) is 2. The van der Waals surface area contributed by atoms with Crippen molar-refractivity contribution in [2.45, 2.75) is 50.4 Å². The molecule has 3 aliphatic rings. The summed E-state index contributed by atoms with van der Waals surface area (Å²) < 4.78 is 11.7. The van der Waals surface area contributed by atoms with Crippen LogP contribution in [-0.2, 0) is 30.3 Å². The number of likely N-dealkylation sites (tertiary alicyclic amines) is 2. The lowest BCUT2D eigenvalue weighted by Crippen LogP contribution is -2.53. The van der Waals surface area contributed by atoms with Gasteiger partial charge >= 0.3 is 11.9 Å². The van der Waals surface area contributed by atoms with Gasteiger partial charge in [-0.05, 0) is 37.0 Å². The summed E-state index contributed by atoms with van der Waals surface area (Å²) >= 11 is 12.1. The fraction of sp³-hybridized carbons (Fsp3) is 0.560. The van der Waals surface area contributed by atoms with Crippen LogP contribution in [0.4, 0.5) is 0 Å². The van der Waals surface area contributed by atoms with Crippen LogP contribution in [0.5, 0.6) is 0 Å². The number of piperidine rings is 2. The summed E-state index contributed by atoms with van der Waals surface area (Å²) in [5.74, 6) is -2.68. The van der Waals surface area contributed by atoms with E-state index >= 15 is 0 Å². The number of carbonyl (C=O) groups excluding carboxylic acids is 1. The molecule has 3 aliphatic heterocycles. The molecule has 1 unspecified atom stereocenters. The van der Waals surface area contributed by atoms with Crippen LogP contribution in [0, 0.1) is 0 Å². The van der Waals surface area contributed by atoms with Crippen LogP contribution in [0.25, 0.3) is 0 Å². The molecule has 1 atom stereocenters. The van der Waals surface area contributed by atoms with Crippen molar-refractivity contribution in [1.29, 1.82) is 0 Å². The van der Waals surface area contributed by atoms with E-state index in [4.69, 9.17) is 42.9 Å². The lowest BCUT2D eigenvalue weighted by molar-refractivity contribution is -0.186. The molecule has 1 aromatic rings. The minimum absolute atomic E-state index is 0.180. The Labute approximate surface area is 220 Å². The second-order valence-electron chi connectivity index (χ2n) is 9.08. The van der Waals surface area contributed by atoms with Crippen molar-refractivity contribution in [3.05, 3.63) is 46.0 Å². The highest BCUT2D eigenvalue weighted by Gasteiger charge is 2.40. The second-order valence-corrected chi connectivity index (χ2v) is 9.89. The monoisotopic (exact) mass is 542 g/mol. The first kappa shape index (κ1) is 28.4. The van der Waals surface area contributed by atoms with Gasteiger partial charge in [-0.2, -0.15) is 0 Å². The predicted octanol–water partition coefficient (Wildman–Crippen LogP) is 3.47. The fourth-order valence-electron chi connectivity index (χ4n) is 4.75. The third-order valence-electron chi connectivity index (χ3n) is 6.56. The number of aliphatic carboxylic acids is 2. The highest BCUT2D eigenvalue weighted by atomic mass is 35.5. The smallest absolute Gasteiger partial charge is 0.328 e. The van der Waals surface area contributed by atoms with E-state index in [2.05, 4.69) is 9.80 Å². The van der Waals surface area contributed by atoms with E-state index in [0.29, 0.717) is 41.8 Å².